The predicted molar refractivity (Wildman–Crippen MR) is 112 cm³/mol. The molecule has 1 heterocycles. The van der Waals surface area contributed by atoms with Gasteiger partial charge in [-0.15, -0.1) is 10.2 Å². The first-order valence-corrected chi connectivity index (χ1v) is 9.20. The zero-order chi connectivity index (χ0) is 20.1. The lowest BCUT2D eigenvalue weighted by molar-refractivity contribution is -0.383. The van der Waals surface area contributed by atoms with Gasteiger partial charge in [-0.25, -0.2) is 0 Å². The molecule has 0 aliphatic carbocycles. The van der Waals surface area contributed by atoms with Gasteiger partial charge in [-0.3, -0.25) is 10.1 Å². The Morgan fingerprint density at radius 3 is 2.71 bits per heavy atom. The summed E-state index contributed by atoms with van der Waals surface area (Å²) < 4.78 is 1.80. The average molecular weight is 397 g/mol. The molecule has 144 valence electrons. The molecule has 0 spiro atoms. The fourth-order valence-electron chi connectivity index (χ4n) is 2.89. The van der Waals surface area contributed by atoms with E-state index in [2.05, 4.69) is 22.5 Å². The number of benzene rings is 2. The molecule has 2 aromatic carbocycles. The first-order valence-electron chi connectivity index (χ1n) is 8.79. The third-order valence-electron chi connectivity index (χ3n) is 4.24. The highest BCUT2D eigenvalue weighted by Crippen LogP contribution is 2.39. The molecule has 0 atom stereocenters. The molecule has 1 aromatic heterocycles. The van der Waals surface area contributed by atoms with Crippen LogP contribution in [0.2, 0.25) is 0 Å². The number of aryl methyl sites for hydroxylation is 1. The molecule has 0 aliphatic rings. The van der Waals surface area contributed by atoms with Crippen molar-refractivity contribution in [2.45, 2.75) is 26.3 Å². The van der Waals surface area contributed by atoms with Crippen LogP contribution in [0, 0.1) is 10.1 Å². The van der Waals surface area contributed by atoms with Gasteiger partial charge in [0.2, 0.25) is 11.0 Å². The average Bonchev–Trinajstić information content (AvgIpc) is 2.96. The second-order valence-electron chi connectivity index (χ2n) is 6.10. The molecule has 0 unspecified atom stereocenters. The van der Waals surface area contributed by atoms with Crippen LogP contribution in [0.5, 0.6) is 5.88 Å². The Morgan fingerprint density at radius 1 is 1.25 bits per heavy atom. The summed E-state index contributed by atoms with van der Waals surface area (Å²) in [6.07, 6.45) is 1.91. The Hall–Kier alpha value is -3.33. The van der Waals surface area contributed by atoms with Gasteiger partial charge in [0.1, 0.15) is 5.69 Å². The van der Waals surface area contributed by atoms with E-state index in [1.54, 1.807) is 16.7 Å². The Morgan fingerprint density at radius 2 is 1.96 bits per heavy atom. The Bertz CT molecular complexity index is 1060. The van der Waals surface area contributed by atoms with Gasteiger partial charge >= 0.3 is 0 Å². The third-order valence-corrected chi connectivity index (χ3v) is 4.42. The van der Waals surface area contributed by atoms with E-state index < -0.39 is 4.92 Å². The van der Waals surface area contributed by atoms with Gasteiger partial charge < -0.3 is 15.0 Å². The van der Waals surface area contributed by atoms with Crippen molar-refractivity contribution < 1.29 is 10.0 Å². The van der Waals surface area contributed by atoms with Crippen molar-refractivity contribution in [3.8, 4) is 5.88 Å². The number of nitro benzene ring substituents is 1. The highest BCUT2D eigenvalue weighted by Gasteiger charge is 2.17. The quantitative estimate of drug-likeness (QED) is 0.246. The number of hydrogen-bond donors (Lipinski definition) is 2. The first kappa shape index (κ1) is 19.4. The number of thiocarbonyl (C=S) groups is 1. The molecular formula is C19H19N5O3S. The summed E-state index contributed by atoms with van der Waals surface area (Å²) in [6, 6.07) is 13.6. The van der Waals surface area contributed by atoms with E-state index in [1.165, 1.54) is 12.1 Å². The van der Waals surface area contributed by atoms with Crippen molar-refractivity contribution in [1.29, 1.82) is 0 Å². The van der Waals surface area contributed by atoms with Crippen molar-refractivity contribution in [3.63, 3.8) is 0 Å². The van der Waals surface area contributed by atoms with Crippen LogP contribution in [-0.4, -0.2) is 19.7 Å². The lowest BCUT2D eigenvalue weighted by Gasteiger charge is -2.05. The topological polar surface area (TPSA) is 105 Å². The number of nitrogens with zero attached hydrogens (tertiary/aromatic N) is 4. The lowest BCUT2D eigenvalue weighted by Crippen LogP contribution is -2.07. The number of aromatic hydroxyl groups is 1. The lowest BCUT2D eigenvalue weighted by atomic mass is 10.2. The Labute approximate surface area is 166 Å². The normalized spacial score (nSPS) is 11.2. The number of para-hydroxylation sites is 3. The van der Waals surface area contributed by atoms with Crippen molar-refractivity contribution in [3.05, 3.63) is 58.6 Å². The molecule has 0 radical (unpaired) electrons. The summed E-state index contributed by atoms with van der Waals surface area (Å²) in [5.41, 5.74) is 1.29. The Balaban J connectivity index is 1.88. The van der Waals surface area contributed by atoms with Gasteiger partial charge in [0.05, 0.1) is 10.4 Å². The van der Waals surface area contributed by atoms with E-state index in [9.17, 15) is 15.2 Å². The fraction of sp³-hybridized carbons (Fsp3) is 0.211. The van der Waals surface area contributed by atoms with Crippen molar-refractivity contribution in [2.24, 2.45) is 10.2 Å². The highest BCUT2D eigenvalue weighted by molar-refractivity contribution is 7.80. The van der Waals surface area contributed by atoms with E-state index in [0.29, 0.717) is 12.2 Å². The summed E-state index contributed by atoms with van der Waals surface area (Å²) in [6.45, 7) is 2.74. The van der Waals surface area contributed by atoms with Crippen LogP contribution in [-0.2, 0) is 6.54 Å². The van der Waals surface area contributed by atoms with E-state index in [1.807, 2.05) is 24.3 Å². The van der Waals surface area contributed by atoms with Crippen molar-refractivity contribution in [2.75, 3.05) is 5.32 Å². The number of azo groups is 1. The number of nitrogens with one attached hydrogen (secondary N) is 1. The van der Waals surface area contributed by atoms with E-state index in [-0.39, 0.29) is 22.4 Å². The third kappa shape index (κ3) is 3.99. The number of anilines is 1. The second kappa shape index (κ2) is 8.57. The molecule has 0 saturated heterocycles. The van der Waals surface area contributed by atoms with Crippen molar-refractivity contribution in [1.82, 2.24) is 4.57 Å². The highest BCUT2D eigenvalue weighted by atomic mass is 32.1. The second-order valence-corrected chi connectivity index (χ2v) is 6.49. The molecule has 28 heavy (non-hydrogen) atoms. The molecule has 9 heteroatoms. The van der Waals surface area contributed by atoms with Crippen LogP contribution >= 0.6 is 12.2 Å². The molecular weight excluding hydrogens is 378 g/mol. The molecule has 3 rings (SSSR count). The number of rotatable bonds is 6. The molecule has 0 fully saturated rings. The van der Waals surface area contributed by atoms with Crippen LogP contribution in [0.1, 0.15) is 19.8 Å². The number of unbranched alkanes of at least 4 members (excludes halogenated alkanes) is 1. The molecule has 2 N–H and O–H groups in total. The minimum absolute atomic E-state index is 0.0203. The summed E-state index contributed by atoms with van der Waals surface area (Å²) in [7, 11) is 0. The standard InChI is InChI=1S/C19H19N5O3S/c1-2-3-12-23-15-10-6-4-8-13(15)17(18(23)25)21-22-19(28)20-14-9-5-7-11-16(14)24(26)27/h4-11,25H,2-3,12H2,1H3,(H,20,28). The van der Waals surface area contributed by atoms with Crippen LogP contribution in [0.3, 0.4) is 0 Å². The predicted octanol–water partition coefficient (Wildman–Crippen LogP) is 5.54. The van der Waals surface area contributed by atoms with Gasteiger partial charge in [-0.2, -0.15) is 0 Å². The van der Waals surface area contributed by atoms with Crippen molar-refractivity contribution >= 4 is 45.3 Å². The molecule has 0 amide bonds. The zero-order valence-electron chi connectivity index (χ0n) is 15.2. The summed E-state index contributed by atoms with van der Waals surface area (Å²) in [5.74, 6) is 0.0203. The molecule has 0 aliphatic heterocycles. The van der Waals surface area contributed by atoms with Gasteiger partial charge in [-0.1, -0.05) is 43.7 Å². The molecule has 0 bridgehead atoms. The first-order chi connectivity index (χ1) is 13.5. The van der Waals surface area contributed by atoms with E-state index in [0.717, 1.165) is 23.7 Å². The van der Waals surface area contributed by atoms with Crippen LogP contribution < -0.4 is 5.32 Å². The summed E-state index contributed by atoms with van der Waals surface area (Å²) in [4.78, 5) is 10.6. The molecule has 3 aromatic rings. The molecule has 8 nitrogen and oxygen atoms in total. The van der Waals surface area contributed by atoms with Gasteiger partial charge in [-0.05, 0) is 30.8 Å². The number of aromatic nitrogens is 1. The summed E-state index contributed by atoms with van der Waals surface area (Å²) in [5, 5.41) is 33.2. The minimum Gasteiger partial charge on any atom is -0.493 e. The van der Waals surface area contributed by atoms with Crippen LogP contribution in [0.4, 0.5) is 17.1 Å². The van der Waals surface area contributed by atoms with Gasteiger partial charge in [0.15, 0.2) is 5.69 Å². The van der Waals surface area contributed by atoms with Gasteiger partial charge in [0, 0.05) is 18.0 Å². The maximum absolute atomic E-state index is 11.1. The smallest absolute Gasteiger partial charge is 0.292 e. The zero-order valence-corrected chi connectivity index (χ0v) is 16.0. The van der Waals surface area contributed by atoms with Gasteiger partial charge in [0.25, 0.3) is 5.69 Å². The molecule has 0 saturated carbocycles. The SMILES string of the molecule is CCCCn1c(O)c(N=NC(=S)Nc2ccccc2[N+](=O)[O-])c2ccccc21. The van der Waals surface area contributed by atoms with Crippen LogP contribution in [0.15, 0.2) is 58.8 Å². The minimum atomic E-state index is -0.505. The maximum atomic E-state index is 11.1. The summed E-state index contributed by atoms with van der Waals surface area (Å²) >= 11 is 5.14. The number of nitro groups is 1. The largest absolute Gasteiger partial charge is 0.493 e. The van der Waals surface area contributed by atoms with Crippen LogP contribution in [0.25, 0.3) is 10.9 Å². The fourth-order valence-corrected chi connectivity index (χ4v) is 3.04. The number of fused-ring (bicyclic) bond motifs is 1. The van der Waals surface area contributed by atoms with E-state index >= 15 is 0 Å². The van der Waals surface area contributed by atoms with E-state index in [4.69, 9.17) is 12.2 Å². The Kier molecular flexibility index (Phi) is 5.95. The maximum Gasteiger partial charge on any atom is 0.292 e. The number of hydrogen-bond acceptors (Lipinski definition) is 5. The monoisotopic (exact) mass is 397 g/mol.